The zero-order valence-corrected chi connectivity index (χ0v) is 11.8. The van der Waals surface area contributed by atoms with Crippen molar-refractivity contribution in [3.8, 4) is 0 Å². The molecule has 100 valence electrons. The van der Waals surface area contributed by atoms with Crippen molar-refractivity contribution in [3.63, 3.8) is 0 Å². The van der Waals surface area contributed by atoms with Crippen LogP contribution in [0.4, 0.5) is 0 Å². The highest BCUT2D eigenvalue weighted by Crippen LogP contribution is 2.12. The van der Waals surface area contributed by atoms with Crippen LogP contribution >= 0.6 is 12.6 Å². The Labute approximate surface area is 114 Å². The lowest BCUT2D eigenvalue weighted by atomic mass is 10.1. The zero-order chi connectivity index (χ0) is 13.5. The van der Waals surface area contributed by atoms with Gasteiger partial charge >= 0.3 is 0 Å². The smallest absolute Gasteiger partial charge is 0.236 e. The molecule has 0 bridgehead atoms. The summed E-state index contributed by atoms with van der Waals surface area (Å²) in [4.78, 5) is 13.9. The first-order valence-corrected chi connectivity index (χ1v) is 6.71. The maximum absolute atomic E-state index is 12.2. The number of hydrogen-bond donors (Lipinski definition) is 2. The topological polar surface area (TPSA) is 40.5 Å². The molecule has 1 N–H and O–H groups in total. The second-order valence-corrected chi connectivity index (χ2v) is 5.18. The van der Waals surface area contributed by atoms with Crippen LogP contribution in [0.5, 0.6) is 0 Å². The highest BCUT2D eigenvalue weighted by atomic mass is 32.1. The summed E-state index contributed by atoms with van der Waals surface area (Å²) in [6, 6.07) is 9.91. The fraction of sp³-hybridized carbons (Fsp3) is 0.500. The van der Waals surface area contributed by atoms with E-state index in [4.69, 9.17) is 5.11 Å². The van der Waals surface area contributed by atoms with Crippen LogP contribution in [-0.4, -0.2) is 40.4 Å². The number of hydrogen-bond acceptors (Lipinski definition) is 3. The molecule has 4 heteroatoms. The van der Waals surface area contributed by atoms with Crippen LogP contribution in [0.15, 0.2) is 30.3 Å². The van der Waals surface area contributed by atoms with Crippen LogP contribution in [0.3, 0.4) is 0 Å². The van der Waals surface area contributed by atoms with Gasteiger partial charge in [0, 0.05) is 12.6 Å². The monoisotopic (exact) mass is 267 g/mol. The molecule has 1 amide bonds. The van der Waals surface area contributed by atoms with E-state index in [2.05, 4.69) is 12.6 Å². The first-order chi connectivity index (χ1) is 8.56. The van der Waals surface area contributed by atoms with Crippen molar-refractivity contribution in [3.05, 3.63) is 35.9 Å². The maximum Gasteiger partial charge on any atom is 0.236 e. The van der Waals surface area contributed by atoms with Crippen LogP contribution in [0.1, 0.15) is 19.4 Å². The molecule has 0 spiro atoms. The average molecular weight is 267 g/mol. The van der Waals surface area contributed by atoms with Crippen molar-refractivity contribution in [1.82, 2.24) is 4.90 Å². The molecule has 0 saturated carbocycles. The van der Waals surface area contributed by atoms with E-state index >= 15 is 0 Å². The molecule has 0 heterocycles. The fourth-order valence-corrected chi connectivity index (χ4v) is 2.21. The molecule has 1 aromatic carbocycles. The van der Waals surface area contributed by atoms with Gasteiger partial charge in [-0.3, -0.25) is 4.79 Å². The van der Waals surface area contributed by atoms with Crippen molar-refractivity contribution < 1.29 is 9.90 Å². The third-order valence-electron chi connectivity index (χ3n) is 2.80. The van der Waals surface area contributed by atoms with E-state index in [1.807, 2.05) is 44.2 Å². The van der Waals surface area contributed by atoms with Crippen LogP contribution in [0, 0.1) is 0 Å². The van der Waals surface area contributed by atoms with E-state index in [0.29, 0.717) is 13.0 Å². The lowest BCUT2D eigenvalue weighted by molar-refractivity contribution is -0.132. The Kier molecular flexibility index (Phi) is 6.22. The molecule has 1 unspecified atom stereocenters. The number of rotatable bonds is 6. The number of thiol groups is 1. The van der Waals surface area contributed by atoms with Gasteiger partial charge in [0.25, 0.3) is 0 Å². The van der Waals surface area contributed by atoms with E-state index in [0.717, 1.165) is 5.56 Å². The third-order valence-corrected chi connectivity index (χ3v) is 3.21. The Morgan fingerprint density at radius 1 is 1.33 bits per heavy atom. The van der Waals surface area contributed by atoms with Gasteiger partial charge in [0.2, 0.25) is 5.91 Å². The van der Waals surface area contributed by atoms with Gasteiger partial charge in [-0.2, -0.15) is 12.6 Å². The van der Waals surface area contributed by atoms with Crippen molar-refractivity contribution in [2.45, 2.75) is 31.6 Å². The largest absolute Gasteiger partial charge is 0.395 e. The second kappa shape index (κ2) is 7.44. The highest BCUT2D eigenvalue weighted by molar-refractivity contribution is 7.81. The summed E-state index contributed by atoms with van der Waals surface area (Å²) in [6.45, 7) is 4.23. The molecule has 0 aromatic heterocycles. The van der Waals surface area contributed by atoms with Gasteiger partial charge in [-0.15, -0.1) is 0 Å². The number of carbonyl (C=O) groups excluding carboxylic acids is 1. The van der Waals surface area contributed by atoms with Gasteiger partial charge in [0.05, 0.1) is 11.9 Å². The minimum absolute atomic E-state index is 0.0181. The quantitative estimate of drug-likeness (QED) is 0.771. The van der Waals surface area contributed by atoms with Gasteiger partial charge in [0.1, 0.15) is 0 Å². The number of amides is 1. The van der Waals surface area contributed by atoms with Gasteiger partial charge in [-0.25, -0.2) is 0 Å². The standard InChI is InChI=1S/C14H21NO2S/c1-11(2)15(8-9-16)14(17)13(18)10-12-6-4-3-5-7-12/h3-7,11,13,16,18H,8-10H2,1-2H3. The van der Waals surface area contributed by atoms with Crippen molar-refractivity contribution in [2.24, 2.45) is 0 Å². The Bertz CT molecular complexity index is 367. The number of carbonyl (C=O) groups is 1. The number of benzene rings is 1. The summed E-state index contributed by atoms with van der Waals surface area (Å²) in [5.41, 5.74) is 1.10. The molecular formula is C14H21NO2S. The van der Waals surface area contributed by atoms with Crippen molar-refractivity contribution in [1.29, 1.82) is 0 Å². The van der Waals surface area contributed by atoms with Crippen LogP contribution in [0.2, 0.25) is 0 Å². The van der Waals surface area contributed by atoms with Crippen LogP contribution < -0.4 is 0 Å². The van der Waals surface area contributed by atoms with E-state index in [1.54, 1.807) is 4.90 Å². The van der Waals surface area contributed by atoms with Gasteiger partial charge in [-0.05, 0) is 25.8 Å². The van der Waals surface area contributed by atoms with E-state index < -0.39 is 0 Å². The normalized spacial score (nSPS) is 12.5. The second-order valence-electron chi connectivity index (χ2n) is 4.55. The molecular weight excluding hydrogens is 246 g/mol. The van der Waals surface area contributed by atoms with Gasteiger partial charge in [0.15, 0.2) is 0 Å². The summed E-state index contributed by atoms with van der Waals surface area (Å²) in [5.74, 6) is -0.0220. The summed E-state index contributed by atoms with van der Waals surface area (Å²) < 4.78 is 0. The molecule has 18 heavy (non-hydrogen) atoms. The first kappa shape index (κ1) is 15.1. The van der Waals surface area contributed by atoms with Crippen molar-refractivity contribution in [2.75, 3.05) is 13.2 Å². The predicted molar refractivity (Wildman–Crippen MR) is 76.9 cm³/mol. The van der Waals surface area contributed by atoms with E-state index in [-0.39, 0.29) is 23.8 Å². The third kappa shape index (κ3) is 4.35. The van der Waals surface area contributed by atoms with Gasteiger partial charge in [-0.1, -0.05) is 30.3 Å². The Morgan fingerprint density at radius 2 is 1.94 bits per heavy atom. The maximum atomic E-state index is 12.2. The lowest BCUT2D eigenvalue weighted by Crippen LogP contribution is -2.43. The summed E-state index contributed by atoms with van der Waals surface area (Å²) >= 11 is 4.39. The Balaban J connectivity index is 2.65. The number of aliphatic hydroxyl groups is 1. The van der Waals surface area contributed by atoms with Crippen LogP contribution in [-0.2, 0) is 11.2 Å². The van der Waals surface area contributed by atoms with E-state index in [9.17, 15) is 4.79 Å². The van der Waals surface area contributed by atoms with E-state index in [1.165, 1.54) is 0 Å². The molecule has 3 nitrogen and oxygen atoms in total. The summed E-state index contributed by atoms with van der Waals surface area (Å²) in [6.07, 6.45) is 0.609. The van der Waals surface area contributed by atoms with Gasteiger partial charge < -0.3 is 10.0 Å². The molecule has 0 aliphatic carbocycles. The molecule has 0 radical (unpaired) electrons. The highest BCUT2D eigenvalue weighted by Gasteiger charge is 2.23. The minimum Gasteiger partial charge on any atom is -0.395 e. The lowest BCUT2D eigenvalue weighted by Gasteiger charge is -2.28. The van der Waals surface area contributed by atoms with Crippen molar-refractivity contribution >= 4 is 18.5 Å². The molecule has 0 aliphatic heterocycles. The molecule has 1 atom stereocenters. The van der Waals surface area contributed by atoms with Crippen LogP contribution in [0.25, 0.3) is 0 Å². The summed E-state index contributed by atoms with van der Waals surface area (Å²) in [5, 5.41) is 8.63. The fourth-order valence-electron chi connectivity index (χ4n) is 1.85. The molecule has 1 rings (SSSR count). The summed E-state index contributed by atoms with van der Waals surface area (Å²) in [7, 11) is 0. The SMILES string of the molecule is CC(C)N(CCO)C(=O)C(S)Cc1ccccc1. The molecule has 0 fully saturated rings. The number of aliphatic hydroxyl groups excluding tert-OH is 1. The number of nitrogens with zero attached hydrogens (tertiary/aromatic N) is 1. The minimum atomic E-state index is -0.360. The molecule has 1 aromatic rings. The first-order valence-electron chi connectivity index (χ1n) is 6.19. The molecule has 0 aliphatic rings. The predicted octanol–water partition coefficient (Wildman–Crippen LogP) is 1.76. The average Bonchev–Trinajstić information content (AvgIpc) is 2.36. The molecule has 0 saturated heterocycles. The zero-order valence-electron chi connectivity index (χ0n) is 10.9. The Morgan fingerprint density at radius 3 is 2.44 bits per heavy atom. The Hall–Kier alpha value is -1.00.